The Morgan fingerprint density at radius 3 is 2.53 bits per heavy atom. The molecule has 1 aromatic rings. The molecule has 1 heterocycles. The van der Waals surface area contributed by atoms with E-state index in [1.54, 1.807) is 0 Å². The van der Waals surface area contributed by atoms with Gasteiger partial charge in [-0.15, -0.1) is 12.4 Å². The Bertz CT molecular complexity index is 375. The van der Waals surface area contributed by atoms with Gasteiger partial charge < -0.3 is 5.32 Å². The molecule has 3 heteroatoms. The third kappa shape index (κ3) is 3.83. The molecular formula is C14H20ClNO. The monoisotopic (exact) mass is 253 g/mol. The van der Waals surface area contributed by atoms with E-state index in [2.05, 4.69) is 31.3 Å². The van der Waals surface area contributed by atoms with E-state index < -0.39 is 0 Å². The van der Waals surface area contributed by atoms with Crippen molar-refractivity contribution in [2.24, 2.45) is 5.92 Å². The minimum Gasteiger partial charge on any atom is -0.311 e. The number of halogens is 1. The number of rotatable bonds is 2. The van der Waals surface area contributed by atoms with Crippen LogP contribution >= 0.6 is 12.4 Å². The lowest BCUT2D eigenvalue weighted by Gasteiger charge is -2.34. The molecular weight excluding hydrogens is 234 g/mol. The van der Waals surface area contributed by atoms with Gasteiger partial charge in [0.2, 0.25) is 0 Å². The van der Waals surface area contributed by atoms with Crippen LogP contribution < -0.4 is 5.32 Å². The molecule has 1 aliphatic heterocycles. The molecule has 94 valence electrons. The number of benzene rings is 1. The first kappa shape index (κ1) is 14.2. The number of piperidine rings is 1. The number of ketones is 1. The highest BCUT2D eigenvalue weighted by atomic mass is 35.5. The smallest absolute Gasteiger partial charge is 0.139 e. The van der Waals surface area contributed by atoms with Crippen molar-refractivity contribution in [3.05, 3.63) is 35.9 Å². The van der Waals surface area contributed by atoms with Crippen molar-refractivity contribution >= 4 is 18.2 Å². The van der Waals surface area contributed by atoms with Gasteiger partial charge in [0.05, 0.1) is 0 Å². The fourth-order valence-electron chi connectivity index (χ4n) is 2.24. The van der Waals surface area contributed by atoms with E-state index in [1.165, 1.54) is 5.56 Å². The van der Waals surface area contributed by atoms with Gasteiger partial charge in [-0.25, -0.2) is 0 Å². The Kier molecular flexibility index (Phi) is 4.72. The van der Waals surface area contributed by atoms with Gasteiger partial charge >= 0.3 is 0 Å². The zero-order valence-corrected chi connectivity index (χ0v) is 11.2. The van der Waals surface area contributed by atoms with E-state index in [9.17, 15) is 4.79 Å². The van der Waals surface area contributed by atoms with Crippen LogP contribution in [0.5, 0.6) is 0 Å². The molecule has 1 aromatic carbocycles. The average Bonchev–Trinajstić information content (AvgIpc) is 2.23. The van der Waals surface area contributed by atoms with E-state index in [1.807, 2.05) is 18.2 Å². The van der Waals surface area contributed by atoms with Crippen molar-refractivity contribution in [3.63, 3.8) is 0 Å². The maximum atomic E-state index is 12.0. The molecule has 0 saturated carbocycles. The molecule has 0 radical (unpaired) electrons. The van der Waals surface area contributed by atoms with E-state index in [0.29, 0.717) is 12.2 Å². The van der Waals surface area contributed by atoms with Gasteiger partial charge in [-0.2, -0.15) is 0 Å². The van der Waals surface area contributed by atoms with Gasteiger partial charge in [-0.1, -0.05) is 30.3 Å². The van der Waals surface area contributed by atoms with Gasteiger partial charge in [-0.3, -0.25) is 4.79 Å². The van der Waals surface area contributed by atoms with Gasteiger partial charge in [0.15, 0.2) is 0 Å². The lowest BCUT2D eigenvalue weighted by molar-refractivity contribution is -0.126. The van der Waals surface area contributed by atoms with Crippen LogP contribution in [0.25, 0.3) is 0 Å². The summed E-state index contributed by atoms with van der Waals surface area (Å²) >= 11 is 0. The first-order chi connectivity index (χ1) is 7.57. The summed E-state index contributed by atoms with van der Waals surface area (Å²) in [5, 5.41) is 3.44. The number of hydrogen-bond acceptors (Lipinski definition) is 2. The van der Waals surface area contributed by atoms with Crippen molar-refractivity contribution in [2.75, 3.05) is 6.54 Å². The topological polar surface area (TPSA) is 29.1 Å². The normalized spacial score (nSPS) is 22.9. The number of carbonyl (C=O) groups excluding carboxylic acids is 1. The lowest BCUT2D eigenvalue weighted by Crippen LogP contribution is -2.51. The van der Waals surface area contributed by atoms with Crippen LogP contribution in [0.15, 0.2) is 30.3 Å². The summed E-state index contributed by atoms with van der Waals surface area (Å²) in [6.07, 6.45) is 1.51. The van der Waals surface area contributed by atoms with Crippen molar-refractivity contribution in [1.29, 1.82) is 0 Å². The molecule has 0 amide bonds. The van der Waals surface area contributed by atoms with Crippen LogP contribution in [0.3, 0.4) is 0 Å². The molecule has 1 fully saturated rings. The van der Waals surface area contributed by atoms with Crippen LogP contribution in [0.1, 0.15) is 25.8 Å². The largest absolute Gasteiger partial charge is 0.311 e. The van der Waals surface area contributed by atoms with E-state index >= 15 is 0 Å². The maximum Gasteiger partial charge on any atom is 0.139 e. The standard InChI is InChI=1S/C14H19NO.ClH/c1-14(2)9-13(16)12(10-15-14)8-11-6-4-3-5-7-11;/h3-7,12,15H,8-10H2,1-2H3;1H. The number of hydrogen-bond donors (Lipinski definition) is 1. The highest BCUT2D eigenvalue weighted by Gasteiger charge is 2.32. The SMILES string of the molecule is CC1(C)CC(=O)C(Cc2ccccc2)CN1.Cl. The summed E-state index contributed by atoms with van der Waals surface area (Å²) in [7, 11) is 0. The fraction of sp³-hybridized carbons (Fsp3) is 0.500. The van der Waals surface area contributed by atoms with Crippen LogP contribution in [0.2, 0.25) is 0 Å². The molecule has 2 nitrogen and oxygen atoms in total. The predicted octanol–water partition coefficient (Wildman–Crippen LogP) is 2.61. The third-order valence-corrected chi connectivity index (χ3v) is 3.22. The third-order valence-electron chi connectivity index (χ3n) is 3.22. The molecule has 1 saturated heterocycles. The van der Waals surface area contributed by atoms with Crippen molar-refractivity contribution in [2.45, 2.75) is 32.2 Å². The molecule has 1 N–H and O–H groups in total. The summed E-state index contributed by atoms with van der Waals surface area (Å²) in [6.45, 7) is 4.98. The maximum absolute atomic E-state index is 12.0. The molecule has 0 aromatic heterocycles. The summed E-state index contributed by atoms with van der Waals surface area (Å²) in [4.78, 5) is 12.0. The van der Waals surface area contributed by atoms with E-state index in [-0.39, 0.29) is 23.9 Å². The molecule has 0 spiro atoms. The number of carbonyl (C=O) groups is 1. The van der Waals surface area contributed by atoms with Gasteiger partial charge in [-0.05, 0) is 25.8 Å². The number of nitrogens with one attached hydrogen (secondary N) is 1. The molecule has 1 atom stereocenters. The highest BCUT2D eigenvalue weighted by Crippen LogP contribution is 2.21. The van der Waals surface area contributed by atoms with Crippen molar-refractivity contribution < 1.29 is 4.79 Å². The van der Waals surface area contributed by atoms with Gasteiger partial charge in [0, 0.05) is 24.4 Å². The molecule has 1 unspecified atom stereocenters. The Labute approximate surface area is 109 Å². The van der Waals surface area contributed by atoms with Crippen molar-refractivity contribution in [1.82, 2.24) is 5.32 Å². The van der Waals surface area contributed by atoms with Crippen LogP contribution in [-0.4, -0.2) is 17.9 Å². The summed E-state index contributed by atoms with van der Waals surface area (Å²) in [5.74, 6) is 0.544. The van der Waals surface area contributed by atoms with Crippen LogP contribution in [-0.2, 0) is 11.2 Å². The highest BCUT2D eigenvalue weighted by molar-refractivity contribution is 5.85. The van der Waals surface area contributed by atoms with Gasteiger partial charge in [0.25, 0.3) is 0 Å². The Balaban J connectivity index is 0.00000144. The Hall–Kier alpha value is -0.860. The zero-order valence-electron chi connectivity index (χ0n) is 10.4. The molecule has 0 bridgehead atoms. The summed E-state index contributed by atoms with van der Waals surface area (Å²) < 4.78 is 0. The second kappa shape index (κ2) is 5.65. The number of Topliss-reactive ketones (excluding diaryl/α,β-unsaturated/α-hetero) is 1. The summed E-state index contributed by atoms with van der Waals surface area (Å²) in [5.41, 5.74) is 1.23. The molecule has 17 heavy (non-hydrogen) atoms. The fourth-order valence-corrected chi connectivity index (χ4v) is 2.24. The van der Waals surface area contributed by atoms with Crippen molar-refractivity contribution in [3.8, 4) is 0 Å². The van der Waals surface area contributed by atoms with E-state index in [0.717, 1.165) is 13.0 Å². The minimum atomic E-state index is -0.0235. The lowest BCUT2D eigenvalue weighted by atomic mass is 9.83. The second-order valence-electron chi connectivity index (χ2n) is 5.29. The predicted molar refractivity (Wildman–Crippen MR) is 72.6 cm³/mol. The quantitative estimate of drug-likeness (QED) is 0.878. The minimum absolute atomic E-state index is 0. The zero-order chi connectivity index (χ0) is 11.6. The van der Waals surface area contributed by atoms with Crippen LogP contribution in [0.4, 0.5) is 0 Å². The Morgan fingerprint density at radius 2 is 1.94 bits per heavy atom. The summed E-state index contributed by atoms with van der Waals surface area (Å²) in [6, 6.07) is 10.2. The average molecular weight is 254 g/mol. The molecule has 2 rings (SSSR count). The van der Waals surface area contributed by atoms with Gasteiger partial charge in [0.1, 0.15) is 5.78 Å². The Morgan fingerprint density at radius 1 is 1.29 bits per heavy atom. The van der Waals surface area contributed by atoms with Crippen LogP contribution in [0, 0.1) is 5.92 Å². The second-order valence-corrected chi connectivity index (χ2v) is 5.29. The first-order valence-electron chi connectivity index (χ1n) is 5.88. The first-order valence-corrected chi connectivity index (χ1v) is 5.88. The molecule has 1 aliphatic rings. The van der Waals surface area contributed by atoms with E-state index in [4.69, 9.17) is 0 Å². The molecule has 0 aliphatic carbocycles.